The van der Waals surface area contributed by atoms with Gasteiger partial charge in [-0.3, -0.25) is 4.79 Å². The highest BCUT2D eigenvalue weighted by molar-refractivity contribution is 6.03. The first kappa shape index (κ1) is 16.5. The van der Waals surface area contributed by atoms with Crippen molar-refractivity contribution in [3.8, 4) is 0 Å². The van der Waals surface area contributed by atoms with Crippen molar-refractivity contribution in [3.05, 3.63) is 53.2 Å². The zero-order valence-electron chi connectivity index (χ0n) is 14.5. The van der Waals surface area contributed by atoms with Crippen LogP contribution < -0.4 is 10.2 Å². The van der Waals surface area contributed by atoms with Gasteiger partial charge in [0.15, 0.2) is 0 Å². The lowest BCUT2D eigenvalue weighted by atomic mass is 10.1. The van der Waals surface area contributed by atoms with E-state index in [-0.39, 0.29) is 5.91 Å². The van der Waals surface area contributed by atoms with Gasteiger partial charge in [0.1, 0.15) is 11.5 Å². The minimum Gasteiger partial charge on any atom is -0.354 e. The average molecular weight is 324 g/mol. The fourth-order valence-corrected chi connectivity index (χ4v) is 2.90. The summed E-state index contributed by atoms with van der Waals surface area (Å²) < 4.78 is 0. The van der Waals surface area contributed by atoms with E-state index in [2.05, 4.69) is 33.2 Å². The van der Waals surface area contributed by atoms with E-state index in [1.165, 1.54) is 5.56 Å². The molecule has 0 unspecified atom stereocenters. The number of benzene rings is 1. The number of nitrogens with one attached hydrogen (secondary N) is 1. The van der Waals surface area contributed by atoms with Gasteiger partial charge in [-0.1, -0.05) is 23.8 Å². The second-order valence-electron chi connectivity index (χ2n) is 6.44. The van der Waals surface area contributed by atoms with Crippen molar-refractivity contribution in [1.82, 2.24) is 9.88 Å². The highest BCUT2D eigenvalue weighted by Gasteiger charge is 2.17. The van der Waals surface area contributed by atoms with E-state index in [9.17, 15) is 4.79 Å². The smallest absolute Gasteiger partial charge is 0.274 e. The van der Waals surface area contributed by atoms with Gasteiger partial charge < -0.3 is 15.1 Å². The Labute approximate surface area is 143 Å². The Kier molecular flexibility index (Phi) is 4.81. The van der Waals surface area contributed by atoms with Crippen LogP contribution in [0.1, 0.15) is 21.6 Å². The summed E-state index contributed by atoms with van der Waals surface area (Å²) in [4.78, 5) is 21.6. The molecule has 0 bridgehead atoms. The molecular formula is C19H24N4O. The molecule has 0 atom stereocenters. The predicted molar refractivity (Wildman–Crippen MR) is 97.8 cm³/mol. The number of aryl methyl sites for hydroxylation is 2. The Balaban J connectivity index is 1.74. The lowest BCUT2D eigenvalue weighted by molar-refractivity contribution is 0.102. The zero-order chi connectivity index (χ0) is 17.1. The molecule has 126 valence electrons. The number of rotatable bonds is 3. The van der Waals surface area contributed by atoms with Gasteiger partial charge in [-0.2, -0.15) is 0 Å². The number of aromatic nitrogens is 1. The third-order valence-electron chi connectivity index (χ3n) is 4.42. The van der Waals surface area contributed by atoms with Crippen molar-refractivity contribution in [2.45, 2.75) is 13.8 Å². The van der Waals surface area contributed by atoms with Gasteiger partial charge in [-0.15, -0.1) is 0 Å². The summed E-state index contributed by atoms with van der Waals surface area (Å²) in [5.74, 6) is 0.703. The molecule has 1 saturated heterocycles. The number of piperazine rings is 1. The van der Waals surface area contributed by atoms with E-state index < -0.39 is 0 Å². The molecule has 1 N–H and O–H groups in total. The normalized spacial score (nSPS) is 15.4. The third kappa shape index (κ3) is 3.74. The second-order valence-corrected chi connectivity index (χ2v) is 6.44. The van der Waals surface area contributed by atoms with Gasteiger partial charge in [0.05, 0.1) is 0 Å². The number of likely N-dealkylation sites (N-methyl/N-ethyl adjacent to an activating group) is 1. The van der Waals surface area contributed by atoms with Crippen molar-refractivity contribution in [3.63, 3.8) is 0 Å². The highest BCUT2D eigenvalue weighted by Crippen LogP contribution is 2.18. The maximum atomic E-state index is 12.5. The molecule has 0 spiro atoms. The first-order valence-corrected chi connectivity index (χ1v) is 8.32. The first-order chi connectivity index (χ1) is 11.5. The molecule has 2 heterocycles. The van der Waals surface area contributed by atoms with Crippen LogP contribution in [0.5, 0.6) is 0 Å². The lowest BCUT2D eigenvalue weighted by Crippen LogP contribution is -2.44. The molecule has 1 aliphatic heterocycles. The van der Waals surface area contributed by atoms with E-state index in [4.69, 9.17) is 0 Å². The Morgan fingerprint density at radius 1 is 1.08 bits per heavy atom. The van der Waals surface area contributed by atoms with Crippen LogP contribution in [0.2, 0.25) is 0 Å². The van der Waals surface area contributed by atoms with E-state index in [0.29, 0.717) is 5.69 Å². The number of hydrogen-bond donors (Lipinski definition) is 1. The van der Waals surface area contributed by atoms with Crippen molar-refractivity contribution < 1.29 is 4.79 Å². The summed E-state index contributed by atoms with van der Waals surface area (Å²) in [5, 5.41) is 2.96. The average Bonchev–Trinajstić information content (AvgIpc) is 2.58. The SMILES string of the molecule is Cc1ccc(NC(=O)c2cccc(N3CCN(C)CC3)n2)c(C)c1. The van der Waals surface area contributed by atoms with Gasteiger partial charge in [0, 0.05) is 31.9 Å². The van der Waals surface area contributed by atoms with Crippen molar-refractivity contribution >= 4 is 17.4 Å². The molecule has 0 radical (unpaired) electrons. The van der Waals surface area contributed by atoms with Crippen LogP contribution in [0.4, 0.5) is 11.5 Å². The third-order valence-corrected chi connectivity index (χ3v) is 4.42. The molecule has 1 aromatic carbocycles. The van der Waals surface area contributed by atoms with Crippen LogP contribution in [0.25, 0.3) is 0 Å². The molecule has 5 nitrogen and oxygen atoms in total. The van der Waals surface area contributed by atoms with E-state index in [1.807, 2.05) is 38.1 Å². The van der Waals surface area contributed by atoms with Crippen LogP contribution in [-0.4, -0.2) is 49.0 Å². The Morgan fingerprint density at radius 3 is 2.54 bits per heavy atom. The van der Waals surface area contributed by atoms with Crippen LogP contribution in [-0.2, 0) is 0 Å². The van der Waals surface area contributed by atoms with Crippen molar-refractivity contribution in [2.24, 2.45) is 0 Å². The molecule has 1 amide bonds. The Morgan fingerprint density at radius 2 is 1.83 bits per heavy atom. The molecule has 0 aliphatic carbocycles. The standard InChI is InChI=1S/C19H24N4O/c1-14-7-8-16(15(2)13-14)21-19(24)17-5-4-6-18(20-17)23-11-9-22(3)10-12-23/h4-8,13H,9-12H2,1-3H3,(H,21,24). The fourth-order valence-electron chi connectivity index (χ4n) is 2.90. The minimum atomic E-state index is -0.169. The van der Waals surface area contributed by atoms with Gasteiger partial charge >= 0.3 is 0 Å². The summed E-state index contributed by atoms with van der Waals surface area (Å²) in [6, 6.07) is 11.6. The second kappa shape index (κ2) is 7.01. The van der Waals surface area contributed by atoms with Gasteiger partial charge in [-0.25, -0.2) is 4.98 Å². The summed E-state index contributed by atoms with van der Waals surface area (Å²) in [6.07, 6.45) is 0. The summed E-state index contributed by atoms with van der Waals surface area (Å²) in [5.41, 5.74) is 3.52. The van der Waals surface area contributed by atoms with Crippen LogP contribution in [0, 0.1) is 13.8 Å². The van der Waals surface area contributed by atoms with E-state index >= 15 is 0 Å². The largest absolute Gasteiger partial charge is 0.354 e. The number of carbonyl (C=O) groups excluding carboxylic acids is 1. The Bertz CT molecular complexity index is 736. The summed E-state index contributed by atoms with van der Waals surface area (Å²) in [7, 11) is 2.12. The lowest BCUT2D eigenvalue weighted by Gasteiger charge is -2.33. The minimum absolute atomic E-state index is 0.169. The maximum Gasteiger partial charge on any atom is 0.274 e. The van der Waals surface area contributed by atoms with Crippen LogP contribution in [0.3, 0.4) is 0 Å². The monoisotopic (exact) mass is 324 g/mol. The van der Waals surface area contributed by atoms with Crippen LogP contribution in [0.15, 0.2) is 36.4 Å². The zero-order valence-corrected chi connectivity index (χ0v) is 14.5. The summed E-state index contributed by atoms with van der Waals surface area (Å²) in [6.45, 7) is 7.94. The van der Waals surface area contributed by atoms with Crippen molar-refractivity contribution in [1.29, 1.82) is 0 Å². The topological polar surface area (TPSA) is 48.5 Å². The highest BCUT2D eigenvalue weighted by atomic mass is 16.1. The number of hydrogen-bond acceptors (Lipinski definition) is 4. The quantitative estimate of drug-likeness (QED) is 0.943. The van der Waals surface area contributed by atoms with E-state index in [0.717, 1.165) is 43.2 Å². The van der Waals surface area contributed by atoms with Crippen LogP contribution >= 0.6 is 0 Å². The number of carbonyl (C=O) groups is 1. The molecule has 0 saturated carbocycles. The van der Waals surface area contributed by atoms with Gasteiger partial charge in [0.25, 0.3) is 5.91 Å². The molecule has 1 fully saturated rings. The molecule has 3 rings (SSSR count). The number of nitrogens with zero attached hydrogens (tertiary/aromatic N) is 3. The van der Waals surface area contributed by atoms with E-state index in [1.54, 1.807) is 6.07 Å². The maximum absolute atomic E-state index is 12.5. The number of pyridine rings is 1. The fraction of sp³-hybridized carbons (Fsp3) is 0.368. The number of anilines is 2. The Hall–Kier alpha value is -2.40. The first-order valence-electron chi connectivity index (χ1n) is 8.32. The van der Waals surface area contributed by atoms with Gasteiger partial charge in [0.2, 0.25) is 0 Å². The molecule has 2 aromatic rings. The predicted octanol–water partition coefficient (Wildman–Crippen LogP) is 2.70. The molecule has 24 heavy (non-hydrogen) atoms. The molecular weight excluding hydrogens is 300 g/mol. The summed E-state index contributed by atoms with van der Waals surface area (Å²) >= 11 is 0. The van der Waals surface area contributed by atoms with Gasteiger partial charge in [-0.05, 0) is 44.7 Å². The molecule has 1 aliphatic rings. The molecule has 5 heteroatoms. The molecule has 1 aromatic heterocycles. The van der Waals surface area contributed by atoms with Crippen molar-refractivity contribution in [2.75, 3.05) is 43.4 Å². The number of amides is 1.